The van der Waals surface area contributed by atoms with Gasteiger partial charge in [0.1, 0.15) is 5.75 Å². The van der Waals surface area contributed by atoms with Crippen molar-refractivity contribution in [3.05, 3.63) is 63.2 Å². The zero-order valence-corrected chi connectivity index (χ0v) is 14.0. The lowest BCUT2D eigenvalue weighted by Crippen LogP contribution is -2.29. The van der Waals surface area contributed by atoms with Gasteiger partial charge in [0, 0.05) is 3.57 Å². The van der Waals surface area contributed by atoms with Crippen LogP contribution in [0.1, 0.15) is 29.8 Å². The van der Waals surface area contributed by atoms with Gasteiger partial charge >= 0.3 is 0 Å². The second kappa shape index (κ2) is 5.95. The highest BCUT2D eigenvalue weighted by Crippen LogP contribution is 2.32. The summed E-state index contributed by atoms with van der Waals surface area (Å²) in [5.74, 6) is 0.693. The molecule has 0 aliphatic rings. The van der Waals surface area contributed by atoms with Crippen molar-refractivity contribution in [3.63, 3.8) is 0 Å². The highest BCUT2D eigenvalue weighted by molar-refractivity contribution is 14.1. The first-order chi connectivity index (χ1) is 9.46. The van der Waals surface area contributed by atoms with E-state index in [1.807, 2.05) is 62.4 Å². The summed E-state index contributed by atoms with van der Waals surface area (Å²) in [5.41, 5.74) is 1.05. The van der Waals surface area contributed by atoms with Crippen LogP contribution in [0.5, 0.6) is 5.75 Å². The third kappa shape index (κ3) is 2.87. The van der Waals surface area contributed by atoms with E-state index >= 15 is 0 Å². The number of hydrogen-bond acceptors (Lipinski definition) is 2. The van der Waals surface area contributed by atoms with Crippen LogP contribution < -0.4 is 4.74 Å². The van der Waals surface area contributed by atoms with Gasteiger partial charge in [-0.15, -0.1) is 0 Å². The molecule has 2 rings (SSSR count). The quantitative estimate of drug-likeness (QED) is 0.578. The van der Waals surface area contributed by atoms with Gasteiger partial charge in [-0.3, -0.25) is 4.79 Å². The molecule has 0 unspecified atom stereocenters. The molecule has 0 aliphatic heterocycles. The number of benzene rings is 2. The first-order valence-electron chi connectivity index (χ1n) is 6.40. The minimum atomic E-state index is -0.584. The Morgan fingerprint density at radius 3 is 2.35 bits per heavy atom. The van der Waals surface area contributed by atoms with Crippen LogP contribution in [0.25, 0.3) is 0 Å². The third-order valence-corrected chi connectivity index (χ3v) is 4.14. The lowest BCUT2D eigenvalue weighted by atomic mass is 9.78. The number of ether oxygens (including phenoxy) is 1. The van der Waals surface area contributed by atoms with Gasteiger partial charge in [0.25, 0.3) is 0 Å². The molecule has 0 heterocycles. The van der Waals surface area contributed by atoms with Gasteiger partial charge < -0.3 is 4.74 Å². The second-order valence-electron chi connectivity index (χ2n) is 5.16. The maximum atomic E-state index is 12.9. The van der Waals surface area contributed by atoms with Crippen molar-refractivity contribution < 1.29 is 9.53 Å². The monoisotopic (exact) mass is 380 g/mol. The molecule has 0 spiro atoms. The average Bonchev–Trinajstić information content (AvgIpc) is 2.47. The Morgan fingerprint density at radius 1 is 1.10 bits per heavy atom. The Balaban J connectivity index is 2.48. The van der Waals surface area contributed by atoms with Gasteiger partial charge in [0.2, 0.25) is 0 Å². The zero-order valence-electron chi connectivity index (χ0n) is 11.8. The molecule has 0 amide bonds. The van der Waals surface area contributed by atoms with E-state index in [9.17, 15) is 4.79 Å². The number of hydrogen-bond donors (Lipinski definition) is 0. The lowest BCUT2D eigenvalue weighted by molar-refractivity contribution is 0.0905. The predicted molar refractivity (Wildman–Crippen MR) is 89.5 cm³/mol. The Kier molecular flexibility index (Phi) is 4.48. The van der Waals surface area contributed by atoms with Crippen molar-refractivity contribution in [1.82, 2.24) is 0 Å². The summed E-state index contributed by atoms with van der Waals surface area (Å²) in [6.45, 7) is 3.90. The van der Waals surface area contributed by atoms with Crippen LogP contribution in [0, 0.1) is 3.57 Å². The summed E-state index contributed by atoms with van der Waals surface area (Å²) in [5, 5.41) is 0. The number of carbonyl (C=O) groups is 1. The fourth-order valence-corrected chi connectivity index (χ4v) is 2.67. The molecule has 2 nitrogen and oxygen atoms in total. The molecule has 0 bridgehead atoms. The summed E-state index contributed by atoms with van der Waals surface area (Å²) < 4.78 is 6.35. The predicted octanol–water partition coefficient (Wildman–Crippen LogP) is 4.46. The van der Waals surface area contributed by atoms with Crippen molar-refractivity contribution >= 4 is 28.4 Å². The van der Waals surface area contributed by atoms with Crippen molar-refractivity contribution in [1.29, 1.82) is 0 Å². The van der Waals surface area contributed by atoms with Crippen LogP contribution in [0.4, 0.5) is 0 Å². The SMILES string of the molecule is COc1ccc(I)cc1C(=O)C(C)(C)c1ccccc1. The Bertz CT molecular complexity index is 618. The van der Waals surface area contributed by atoms with Gasteiger partial charge in [-0.25, -0.2) is 0 Å². The standard InChI is InChI=1S/C17H17IO2/c1-17(2,12-7-5-4-6-8-12)16(19)14-11-13(18)9-10-15(14)20-3/h4-11H,1-3H3. The summed E-state index contributed by atoms with van der Waals surface area (Å²) in [4.78, 5) is 12.9. The van der Waals surface area contributed by atoms with Crippen LogP contribution in [0.15, 0.2) is 48.5 Å². The number of Topliss-reactive ketones (excluding diaryl/α,β-unsaturated/α-hetero) is 1. The molecule has 2 aromatic carbocycles. The van der Waals surface area contributed by atoms with E-state index in [2.05, 4.69) is 22.6 Å². The highest BCUT2D eigenvalue weighted by atomic mass is 127. The molecule has 0 aromatic heterocycles. The van der Waals surface area contributed by atoms with Gasteiger partial charge in [0.05, 0.1) is 18.1 Å². The van der Waals surface area contributed by atoms with E-state index in [0.29, 0.717) is 11.3 Å². The smallest absolute Gasteiger partial charge is 0.176 e. The van der Waals surface area contributed by atoms with Crippen molar-refractivity contribution in [2.45, 2.75) is 19.3 Å². The normalized spacial score (nSPS) is 11.2. The fraction of sp³-hybridized carbons (Fsp3) is 0.235. The highest BCUT2D eigenvalue weighted by Gasteiger charge is 2.32. The Hall–Kier alpha value is -1.36. The summed E-state index contributed by atoms with van der Waals surface area (Å²) >= 11 is 2.21. The minimum absolute atomic E-state index is 0.0686. The molecule has 3 heteroatoms. The van der Waals surface area contributed by atoms with E-state index in [1.165, 1.54) is 0 Å². The summed E-state index contributed by atoms with van der Waals surface area (Å²) in [6, 6.07) is 15.5. The molecule has 0 fully saturated rings. The first-order valence-corrected chi connectivity index (χ1v) is 7.48. The minimum Gasteiger partial charge on any atom is -0.496 e. The van der Waals surface area contributed by atoms with E-state index in [1.54, 1.807) is 7.11 Å². The topological polar surface area (TPSA) is 26.3 Å². The Morgan fingerprint density at radius 2 is 1.75 bits per heavy atom. The van der Waals surface area contributed by atoms with Crippen LogP contribution in [0.3, 0.4) is 0 Å². The van der Waals surface area contributed by atoms with E-state index in [-0.39, 0.29) is 5.78 Å². The molecule has 0 radical (unpaired) electrons. The second-order valence-corrected chi connectivity index (χ2v) is 6.41. The van der Waals surface area contributed by atoms with Crippen molar-refractivity contribution in [2.24, 2.45) is 0 Å². The van der Waals surface area contributed by atoms with E-state index in [0.717, 1.165) is 9.13 Å². The zero-order chi connectivity index (χ0) is 14.8. The molecule has 20 heavy (non-hydrogen) atoms. The lowest BCUT2D eigenvalue weighted by Gasteiger charge is -2.24. The molecule has 0 saturated carbocycles. The fourth-order valence-electron chi connectivity index (χ4n) is 2.18. The number of carbonyl (C=O) groups excluding carboxylic acids is 1. The average molecular weight is 380 g/mol. The van der Waals surface area contributed by atoms with Gasteiger partial charge in [-0.1, -0.05) is 30.3 Å². The number of halogens is 1. The third-order valence-electron chi connectivity index (χ3n) is 3.47. The molecular weight excluding hydrogens is 363 g/mol. The molecule has 0 aliphatic carbocycles. The van der Waals surface area contributed by atoms with E-state index < -0.39 is 5.41 Å². The number of methoxy groups -OCH3 is 1. The molecule has 2 aromatic rings. The van der Waals surface area contributed by atoms with Crippen molar-refractivity contribution in [3.8, 4) is 5.75 Å². The van der Waals surface area contributed by atoms with Crippen molar-refractivity contribution in [2.75, 3.05) is 7.11 Å². The van der Waals surface area contributed by atoms with Crippen LogP contribution in [-0.4, -0.2) is 12.9 Å². The molecule has 0 N–H and O–H groups in total. The molecule has 0 saturated heterocycles. The Labute approximate surface area is 133 Å². The largest absolute Gasteiger partial charge is 0.496 e. The maximum Gasteiger partial charge on any atom is 0.176 e. The van der Waals surface area contributed by atoms with Gasteiger partial charge in [-0.2, -0.15) is 0 Å². The first kappa shape index (κ1) is 15.0. The summed E-state index contributed by atoms with van der Waals surface area (Å²) in [6.07, 6.45) is 0. The maximum absolute atomic E-state index is 12.9. The van der Waals surface area contributed by atoms with Gasteiger partial charge in [-0.05, 0) is 60.2 Å². The van der Waals surface area contributed by atoms with Crippen LogP contribution in [0.2, 0.25) is 0 Å². The van der Waals surface area contributed by atoms with E-state index in [4.69, 9.17) is 4.74 Å². The number of rotatable bonds is 4. The number of ketones is 1. The molecule has 104 valence electrons. The molecule has 0 atom stereocenters. The summed E-state index contributed by atoms with van der Waals surface area (Å²) in [7, 11) is 1.59. The van der Waals surface area contributed by atoms with Crippen LogP contribution in [-0.2, 0) is 5.41 Å². The van der Waals surface area contributed by atoms with Crippen LogP contribution >= 0.6 is 22.6 Å². The van der Waals surface area contributed by atoms with Gasteiger partial charge in [0.15, 0.2) is 5.78 Å². The molecular formula is C17H17IO2.